The van der Waals surface area contributed by atoms with Crippen LogP contribution in [0.1, 0.15) is 37.0 Å². The highest BCUT2D eigenvalue weighted by Crippen LogP contribution is 2.34. The number of amides is 2. The van der Waals surface area contributed by atoms with Gasteiger partial charge in [0.2, 0.25) is 11.8 Å². The lowest BCUT2D eigenvalue weighted by atomic mass is 10.1. The SMILES string of the molecule is CCCNC(=O)[C@@H](C)N(Cc1ccccc1F)C(=O)CN(c1cc(C)ccc1OC)S(=O)(=O)c1ccc(C)cc1. The summed E-state index contributed by atoms with van der Waals surface area (Å²) >= 11 is 0. The second kappa shape index (κ2) is 13.4. The molecule has 0 saturated heterocycles. The van der Waals surface area contributed by atoms with Crippen LogP contribution in [0.4, 0.5) is 10.1 Å². The highest BCUT2D eigenvalue weighted by atomic mass is 32.2. The van der Waals surface area contributed by atoms with Crippen LogP contribution in [0.25, 0.3) is 0 Å². The fourth-order valence-electron chi connectivity index (χ4n) is 4.13. The summed E-state index contributed by atoms with van der Waals surface area (Å²) in [7, 11) is -2.84. The van der Waals surface area contributed by atoms with Crippen molar-refractivity contribution in [2.75, 3.05) is 24.5 Å². The Morgan fingerprint density at radius 2 is 1.65 bits per heavy atom. The number of nitrogens with one attached hydrogen (secondary N) is 1. The van der Waals surface area contributed by atoms with E-state index in [2.05, 4.69) is 5.32 Å². The Hall–Kier alpha value is -3.92. The van der Waals surface area contributed by atoms with Crippen molar-refractivity contribution in [3.63, 3.8) is 0 Å². The fraction of sp³-hybridized carbons (Fsp3) is 0.333. The zero-order valence-electron chi connectivity index (χ0n) is 23.5. The van der Waals surface area contributed by atoms with Gasteiger partial charge in [0.05, 0.1) is 17.7 Å². The molecule has 1 atom stereocenters. The highest BCUT2D eigenvalue weighted by Gasteiger charge is 2.34. The van der Waals surface area contributed by atoms with Crippen molar-refractivity contribution in [2.24, 2.45) is 0 Å². The highest BCUT2D eigenvalue weighted by molar-refractivity contribution is 7.92. The number of carbonyl (C=O) groups is 2. The van der Waals surface area contributed by atoms with E-state index in [1.165, 1.54) is 49.3 Å². The summed E-state index contributed by atoms with van der Waals surface area (Å²) in [6.07, 6.45) is 0.690. The van der Waals surface area contributed by atoms with Crippen LogP contribution >= 0.6 is 0 Å². The molecule has 0 unspecified atom stereocenters. The first-order chi connectivity index (χ1) is 19.0. The van der Waals surface area contributed by atoms with Crippen LogP contribution in [0.15, 0.2) is 71.6 Å². The first-order valence-corrected chi connectivity index (χ1v) is 14.5. The smallest absolute Gasteiger partial charge is 0.264 e. The number of nitrogens with zero attached hydrogens (tertiary/aromatic N) is 2. The summed E-state index contributed by atoms with van der Waals surface area (Å²) in [4.78, 5) is 28.1. The number of aryl methyl sites for hydroxylation is 2. The number of hydrogen-bond donors (Lipinski definition) is 1. The average molecular weight is 570 g/mol. The Kier molecular flexibility index (Phi) is 10.3. The number of benzene rings is 3. The largest absolute Gasteiger partial charge is 0.495 e. The third-order valence-corrected chi connectivity index (χ3v) is 8.28. The minimum Gasteiger partial charge on any atom is -0.495 e. The lowest BCUT2D eigenvalue weighted by Gasteiger charge is -2.32. The summed E-state index contributed by atoms with van der Waals surface area (Å²) in [6.45, 7) is 6.61. The van der Waals surface area contributed by atoms with E-state index in [-0.39, 0.29) is 28.4 Å². The van der Waals surface area contributed by atoms with Gasteiger partial charge in [-0.05, 0) is 63.1 Å². The minimum absolute atomic E-state index is 0.0103. The maximum Gasteiger partial charge on any atom is 0.264 e. The molecule has 0 fully saturated rings. The van der Waals surface area contributed by atoms with Gasteiger partial charge in [-0.2, -0.15) is 0 Å². The quantitative estimate of drug-likeness (QED) is 0.344. The van der Waals surface area contributed by atoms with E-state index in [4.69, 9.17) is 4.74 Å². The number of methoxy groups -OCH3 is 1. The number of halogens is 1. The van der Waals surface area contributed by atoms with Crippen molar-refractivity contribution < 1.29 is 27.1 Å². The molecule has 3 rings (SSSR count). The van der Waals surface area contributed by atoms with Crippen LogP contribution in [-0.4, -0.2) is 51.4 Å². The van der Waals surface area contributed by atoms with Crippen molar-refractivity contribution in [3.8, 4) is 5.75 Å². The number of rotatable bonds is 12. The summed E-state index contributed by atoms with van der Waals surface area (Å²) in [5, 5.41) is 2.76. The minimum atomic E-state index is -4.26. The third kappa shape index (κ3) is 7.18. The number of hydrogen-bond acceptors (Lipinski definition) is 5. The molecule has 0 radical (unpaired) electrons. The van der Waals surface area contributed by atoms with E-state index in [0.29, 0.717) is 13.0 Å². The maximum atomic E-state index is 14.6. The van der Waals surface area contributed by atoms with Gasteiger partial charge in [0.25, 0.3) is 10.0 Å². The first kappa shape index (κ1) is 30.6. The molecule has 1 N–H and O–H groups in total. The summed E-state index contributed by atoms with van der Waals surface area (Å²) in [6, 6.07) is 16.3. The standard InChI is InChI=1S/C30H36FN3O5S/c1-6-17-32-30(36)23(4)33(19-24-9-7-8-10-26(24)31)29(35)20-34(27-18-22(3)13-16-28(27)39-5)40(37,38)25-14-11-21(2)12-15-25/h7-16,18,23H,6,17,19-20H2,1-5H3,(H,32,36)/t23-/m1/s1. The summed E-state index contributed by atoms with van der Waals surface area (Å²) < 4.78 is 49.1. The van der Waals surface area contributed by atoms with E-state index < -0.39 is 40.2 Å². The van der Waals surface area contributed by atoms with E-state index in [1.54, 1.807) is 43.3 Å². The summed E-state index contributed by atoms with van der Waals surface area (Å²) in [5.74, 6) is -1.39. The first-order valence-electron chi connectivity index (χ1n) is 13.0. The van der Waals surface area contributed by atoms with Crippen LogP contribution in [0.2, 0.25) is 0 Å². The molecule has 3 aromatic carbocycles. The van der Waals surface area contributed by atoms with Crippen LogP contribution in [-0.2, 0) is 26.2 Å². The van der Waals surface area contributed by atoms with E-state index in [9.17, 15) is 22.4 Å². The van der Waals surface area contributed by atoms with Gasteiger partial charge in [0.1, 0.15) is 24.2 Å². The second-order valence-electron chi connectivity index (χ2n) is 9.58. The van der Waals surface area contributed by atoms with Crippen molar-refractivity contribution in [2.45, 2.75) is 51.6 Å². The molecule has 0 aliphatic carbocycles. The normalized spacial score (nSPS) is 11.9. The Balaban J connectivity index is 2.10. The van der Waals surface area contributed by atoms with Crippen LogP contribution in [0, 0.1) is 19.7 Å². The van der Waals surface area contributed by atoms with Crippen LogP contribution < -0.4 is 14.4 Å². The van der Waals surface area contributed by atoms with Gasteiger partial charge < -0.3 is 15.0 Å². The maximum absolute atomic E-state index is 14.6. The molecule has 0 aliphatic rings. The van der Waals surface area contributed by atoms with Gasteiger partial charge in [-0.3, -0.25) is 13.9 Å². The molecule has 0 aliphatic heterocycles. The number of ether oxygens (including phenoxy) is 1. The number of sulfonamides is 1. The molecule has 3 aromatic rings. The topological polar surface area (TPSA) is 96.0 Å². The van der Waals surface area contributed by atoms with Crippen molar-refractivity contribution in [1.29, 1.82) is 0 Å². The second-order valence-corrected chi connectivity index (χ2v) is 11.4. The molecule has 40 heavy (non-hydrogen) atoms. The van der Waals surface area contributed by atoms with Gasteiger partial charge in [-0.15, -0.1) is 0 Å². The average Bonchev–Trinajstić information content (AvgIpc) is 2.93. The number of anilines is 1. The molecule has 0 saturated carbocycles. The third-order valence-electron chi connectivity index (χ3n) is 6.51. The molecule has 0 bridgehead atoms. The molecule has 0 heterocycles. The van der Waals surface area contributed by atoms with E-state index >= 15 is 0 Å². The Bertz CT molecular complexity index is 1440. The van der Waals surface area contributed by atoms with Crippen molar-refractivity contribution in [3.05, 3.63) is 89.2 Å². The predicted molar refractivity (Wildman–Crippen MR) is 153 cm³/mol. The lowest BCUT2D eigenvalue weighted by molar-refractivity contribution is -0.139. The van der Waals surface area contributed by atoms with Gasteiger partial charge in [0.15, 0.2) is 0 Å². The fourth-order valence-corrected chi connectivity index (χ4v) is 5.55. The molecular weight excluding hydrogens is 533 g/mol. The molecule has 2 amide bonds. The Labute approximate surface area is 235 Å². The Morgan fingerprint density at radius 3 is 2.27 bits per heavy atom. The molecule has 0 spiro atoms. The van der Waals surface area contributed by atoms with E-state index in [1.807, 2.05) is 13.8 Å². The number of carbonyl (C=O) groups excluding carboxylic acids is 2. The zero-order chi connectivity index (χ0) is 29.4. The van der Waals surface area contributed by atoms with Crippen molar-refractivity contribution in [1.82, 2.24) is 10.2 Å². The van der Waals surface area contributed by atoms with Crippen LogP contribution in [0.3, 0.4) is 0 Å². The Morgan fingerprint density at radius 1 is 1.00 bits per heavy atom. The van der Waals surface area contributed by atoms with Crippen LogP contribution in [0.5, 0.6) is 5.75 Å². The van der Waals surface area contributed by atoms with Gasteiger partial charge in [-0.25, -0.2) is 12.8 Å². The molecule has 214 valence electrons. The van der Waals surface area contributed by atoms with Gasteiger partial charge in [-0.1, -0.05) is 48.9 Å². The summed E-state index contributed by atoms with van der Waals surface area (Å²) in [5.41, 5.74) is 2.00. The molecule has 8 nitrogen and oxygen atoms in total. The van der Waals surface area contributed by atoms with Gasteiger partial charge >= 0.3 is 0 Å². The van der Waals surface area contributed by atoms with Crippen molar-refractivity contribution >= 4 is 27.5 Å². The van der Waals surface area contributed by atoms with E-state index in [0.717, 1.165) is 15.4 Å². The lowest BCUT2D eigenvalue weighted by Crippen LogP contribution is -2.51. The van der Waals surface area contributed by atoms with Gasteiger partial charge in [0, 0.05) is 18.7 Å². The molecule has 10 heteroatoms. The molecule has 0 aromatic heterocycles. The monoisotopic (exact) mass is 569 g/mol. The zero-order valence-corrected chi connectivity index (χ0v) is 24.3. The predicted octanol–water partition coefficient (Wildman–Crippen LogP) is 4.59. The molecular formula is C30H36FN3O5S.